The molecule has 5 rings (SSSR count). The lowest BCUT2D eigenvalue weighted by molar-refractivity contribution is -0.113. The van der Waals surface area contributed by atoms with Gasteiger partial charge < -0.3 is 15.2 Å². The predicted molar refractivity (Wildman–Crippen MR) is 135 cm³/mol. The summed E-state index contributed by atoms with van der Waals surface area (Å²) in [6.07, 6.45) is 5.05. The fourth-order valence-corrected chi connectivity index (χ4v) is 5.44. The summed E-state index contributed by atoms with van der Waals surface area (Å²) < 4.78 is 0. The Kier molecular flexibility index (Phi) is 5.99. The second-order valence-corrected chi connectivity index (χ2v) is 10.1. The van der Waals surface area contributed by atoms with Crippen molar-refractivity contribution in [2.75, 3.05) is 11.1 Å². The molecule has 9 heteroatoms. The summed E-state index contributed by atoms with van der Waals surface area (Å²) in [6.45, 7) is 6.26. The Morgan fingerprint density at radius 2 is 2.03 bits per heavy atom. The first kappa shape index (κ1) is 22.1. The standard InChI is InChI=1S/C24H27ClN6OS/c1-14-4-7-19(18(25)10-14)26-22(32)13-33-24-28-27-23-21-12-20(29-31(21)9-8-30(23)24)17-6-5-15(2)16(3)11-17/h4-11,20-21,23,27,29H,12-13H2,1-3H3,(H,26,32). The molecule has 1 fully saturated rings. The SMILES string of the molecule is Cc1ccc(NC(=O)CSC2=NNC3C4CC(c5ccc(C)c(C)c5)NN4C=CN23)c(Cl)c1. The molecule has 0 saturated carbocycles. The molecule has 0 spiro atoms. The summed E-state index contributed by atoms with van der Waals surface area (Å²) in [6, 6.07) is 12.7. The molecular weight excluding hydrogens is 456 g/mol. The lowest BCUT2D eigenvalue weighted by atomic mass is 9.97. The Balaban J connectivity index is 1.19. The quantitative estimate of drug-likeness (QED) is 0.605. The number of carbonyl (C=O) groups is 1. The van der Waals surface area contributed by atoms with E-state index in [0.29, 0.717) is 10.7 Å². The van der Waals surface area contributed by atoms with Crippen LogP contribution in [-0.4, -0.2) is 38.9 Å². The zero-order chi connectivity index (χ0) is 23.1. The van der Waals surface area contributed by atoms with E-state index >= 15 is 0 Å². The molecule has 0 radical (unpaired) electrons. The number of halogens is 1. The maximum absolute atomic E-state index is 12.5. The highest BCUT2D eigenvalue weighted by Gasteiger charge is 2.44. The van der Waals surface area contributed by atoms with Crippen LogP contribution in [0.4, 0.5) is 5.69 Å². The lowest BCUT2D eigenvalue weighted by Crippen LogP contribution is -2.54. The summed E-state index contributed by atoms with van der Waals surface area (Å²) in [5.41, 5.74) is 12.5. The number of hydrazone groups is 1. The number of rotatable bonds is 4. The van der Waals surface area contributed by atoms with Crippen LogP contribution in [-0.2, 0) is 4.79 Å². The van der Waals surface area contributed by atoms with Crippen molar-refractivity contribution in [2.24, 2.45) is 5.10 Å². The van der Waals surface area contributed by atoms with Gasteiger partial charge in [-0.15, -0.1) is 0 Å². The number of fused-ring (bicyclic) bond motifs is 3. The Bertz CT molecular complexity index is 1150. The molecule has 3 unspecified atom stereocenters. The molecule has 0 aromatic heterocycles. The first-order chi connectivity index (χ1) is 15.9. The molecule has 33 heavy (non-hydrogen) atoms. The first-order valence-electron chi connectivity index (χ1n) is 11.0. The Morgan fingerprint density at radius 1 is 1.18 bits per heavy atom. The Hall–Kier alpha value is -2.68. The maximum atomic E-state index is 12.5. The van der Waals surface area contributed by atoms with Crippen LogP contribution in [0.2, 0.25) is 5.02 Å². The van der Waals surface area contributed by atoms with Crippen LogP contribution in [0.3, 0.4) is 0 Å². The number of aryl methyl sites for hydroxylation is 3. The van der Waals surface area contributed by atoms with Gasteiger partial charge in [-0.1, -0.05) is 47.6 Å². The Labute approximate surface area is 203 Å². The number of amides is 1. The minimum atomic E-state index is -0.114. The van der Waals surface area contributed by atoms with E-state index in [9.17, 15) is 4.79 Å². The number of nitrogens with one attached hydrogen (secondary N) is 3. The third-order valence-electron chi connectivity index (χ3n) is 6.37. The van der Waals surface area contributed by atoms with Gasteiger partial charge in [0.15, 0.2) is 5.17 Å². The van der Waals surface area contributed by atoms with Gasteiger partial charge in [-0.05, 0) is 61.6 Å². The molecule has 0 aliphatic carbocycles. The van der Waals surface area contributed by atoms with E-state index in [2.05, 4.69) is 69.4 Å². The molecule has 2 aromatic rings. The van der Waals surface area contributed by atoms with Crippen LogP contribution in [0.15, 0.2) is 53.9 Å². The van der Waals surface area contributed by atoms with Gasteiger partial charge in [-0.2, -0.15) is 5.10 Å². The molecule has 2 aromatic carbocycles. The van der Waals surface area contributed by atoms with Crippen LogP contribution in [0.1, 0.15) is 34.7 Å². The molecule has 3 aliphatic rings. The van der Waals surface area contributed by atoms with Crippen LogP contribution >= 0.6 is 23.4 Å². The van der Waals surface area contributed by atoms with Gasteiger partial charge in [0, 0.05) is 12.4 Å². The lowest BCUT2D eigenvalue weighted by Gasteiger charge is -2.36. The molecule has 1 amide bonds. The summed E-state index contributed by atoms with van der Waals surface area (Å²) in [5, 5.41) is 10.9. The summed E-state index contributed by atoms with van der Waals surface area (Å²) in [7, 11) is 0. The van der Waals surface area contributed by atoms with Crippen LogP contribution < -0.4 is 16.2 Å². The number of anilines is 1. The smallest absolute Gasteiger partial charge is 0.234 e. The van der Waals surface area contributed by atoms with Gasteiger partial charge in [0.25, 0.3) is 0 Å². The largest absolute Gasteiger partial charge is 0.324 e. The second kappa shape index (κ2) is 8.93. The molecule has 172 valence electrons. The van der Waals surface area contributed by atoms with Crippen LogP contribution in [0.5, 0.6) is 0 Å². The number of benzene rings is 2. The van der Waals surface area contributed by atoms with Crippen molar-refractivity contribution in [3.05, 3.63) is 76.1 Å². The summed E-state index contributed by atoms with van der Waals surface area (Å²) >= 11 is 7.64. The normalized spacial score (nSPS) is 23.2. The molecule has 0 bridgehead atoms. The van der Waals surface area contributed by atoms with Gasteiger partial charge in [0.05, 0.1) is 28.5 Å². The van der Waals surface area contributed by atoms with Crippen LogP contribution in [0.25, 0.3) is 0 Å². The fraction of sp³-hybridized carbons (Fsp3) is 0.333. The van der Waals surface area contributed by atoms with Crippen molar-refractivity contribution in [2.45, 2.75) is 45.4 Å². The molecule has 3 N–H and O–H groups in total. The van der Waals surface area contributed by atoms with E-state index in [1.165, 1.54) is 28.5 Å². The van der Waals surface area contributed by atoms with Crippen molar-refractivity contribution in [1.82, 2.24) is 20.8 Å². The average Bonchev–Trinajstić information content (AvgIpc) is 3.40. The fourth-order valence-electron chi connectivity index (χ4n) is 4.39. The topological polar surface area (TPSA) is 72.0 Å². The molecule has 3 aliphatic heterocycles. The molecule has 7 nitrogen and oxygen atoms in total. The maximum Gasteiger partial charge on any atom is 0.234 e. The van der Waals surface area contributed by atoms with Crippen molar-refractivity contribution < 1.29 is 4.79 Å². The Morgan fingerprint density at radius 3 is 2.82 bits per heavy atom. The van der Waals surface area contributed by atoms with E-state index in [1.807, 2.05) is 31.3 Å². The highest BCUT2D eigenvalue weighted by molar-refractivity contribution is 8.14. The molecule has 3 atom stereocenters. The van der Waals surface area contributed by atoms with Gasteiger partial charge in [-0.3, -0.25) is 10.2 Å². The van der Waals surface area contributed by atoms with Gasteiger partial charge in [0.2, 0.25) is 5.91 Å². The van der Waals surface area contributed by atoms with E-state index in [-0.39, 0.29) is 29.9 Å². The number of hydrazine groups is 1. The summed E-state index contributed by atoms with van der Waals surface area (Å²) in [5.74, 6) is 0.136. The number of carbonyl (C=O) groups excluding carboxylic acids is 1. The third-order valence-corrected chi connectivity index (χ3v) is 7.65. The van der Waals surface area contributed by atoms with E-state index < -0.39 is 0 Å². The zero-order valence-corrected chi connectivity index (χ0v) is 20.4. The van der Waals surface area contributed by atoms with Crippen molar-refractivity contribution in [3.8, 4) is 0 Å². The monoisotopic (exact) mass is 482 g/mol. The number of hydrogen-bond donors (Lipinski definition) is 3. The first-order valence-corrected chi connectivity index (χ1v) is 12.4. The number of nitrogens with zero attached hydrogens (tertiary/aromatic N) is 3. The van der Waals surface area contributed by atoms with Crippen molar-refractivity contribution in [3.63, 3.8) is 0 Å². The van der Waals surface area contributed by atoms with Gasteiger partial charge in [-0.25, -0.2) is 5.43 Å². The number of amidine groups is 1. The number of hydrogen-bond acceptors (Lipinski definition) is 7. The zero-order valence-electron chi connectivity index (χ0n) is 18.8. The molecular formula is C24H27ClN6OS. The predicted octanol–water partition coefficient (Wildman–Crippen LogP) is 4.24. The van der Waals surface area contributed by atoms with E-state index in [0.717, 1.165) is 17.2 Å². The van der Waals surface area contributed by atoms with Crippen molar-refractivity contribution in [1.29, 1.82) is 0 Å². The minimum Gasteiger partial charge on any atom is -0.324 e. The highest BCUT2D eigenvalue weighted by atomic mass is 35.5. The average molecular weight is 483 g/mol. The molecule has 3 heterocycles. The van der Waals surface area contributed by atoms with E-state index in [1.54, 1.807) is 0 Å². The second-order valence-electron chi connectivity index (χ2n) is 8.73. The minimum absolute atomic E-state index is 0.0242. The van der Waals surface area contributed by atoms with Gasteiger partial charge in [0.1, 0.15) is 6.17 Å². The third kappa shape index (κ3) is 4.43. The molecule has 1 saturated heterocycles. The summed E-state index contributed by atoms with van der Waals surface area (Å²) in [4.78, 5) is 14.6. The van der Waals surface area contributed by atoms with E-state index in [4.69, 9.17) is 11.6 Å². The number of thioether (sulfide) groups is 1. The van der Waals surface area contributed by atoms with Crippen LogP contribution in [0, 0.1) is 20.8 Å². The van der Waals surface area contributed by atoms with Crippen molar-refractivity contribution >= 4 is 40.1 Å². The highest BCUT2D eigenvalue weighted by Crippen LogP contribution is 2.35. The van der Waals surface area contributed by atoms with Gasteiger partial charge >= 0.3 is 0 Å².